The third-order valence-corrected chi connectivity index (χ3v) is 2.34. The lowest BCUT2D eigenvalue weighted by atomic mass is 10.2. The molecule has 2 aromatic rings. The fourth-order valence-electron chi connectivity index (χ4n) is 1.36. The van der Waals surface area contributed by atoms with Crippen LogP contribution in [0.4, 0.5) is 10.5 Å². The molecule has 1 amide bonds. The minimum atomic E-state index is -0.630. The van der Waals surface area contributed by atoms with Crippen LogP contribution in [0.25, 0.3) is 0 Å². The molecule has 0 saturated heterocycles. The van der Waals surface area contributed by atoms with E-state index in [4.69, 9.17) is 0 Å². The monoisotopic (exact) mass is 255 g/mol. The van der Waals surface area contributed by atoms with Crippen molar-refractivity contribution in [3.63, 3.8) is 0 Å². The minimum absolute atomic E-state index is 0.630. The van der Waals surface area contributed by atoms with Gasteiger partial charge >= 0.3 is 6.09 Å². The fraction of sp³-hybridized carbons (Fsp3) is 0.0714. The summed E-state index contributed by atoms with van der Waals surface area (Å²) in [5.74, 6) is 0. The second-order valence-corrected chi connectivity index (χ2v) is 3.88. The van der Waals surface area contributed by atoms with Crippen LogP contribution in [-0.4, -0.2) is 17.3 Å². The Kier molecular flexibility index (Phi) is 4.23. The van der Waals surface area contributed by atoms with Gasteiger partial charge in [-0.1, -0.05) is 22.9 Å². The zero-order chi connectivity index (χ0) is 13.5. The summed E-state index contributed by atoms with van der Waals surface area (Å²) in [4.78, 5) is 20.0. The normalized spacial score (nSPS) is 10.4. The number of rotatable bonds is 3. The van der Waals surface area contributed by atoms with Gasteiger partial charge in [-0.3, -0.25) is 15.1 Å². The van der Waals surface area contributed by atoms with Crippen molar-refractivity contribution in [1.29, 1.82) is 0 Å². The number of nitrogens with one attached hydrogen (secondary N) is 1. The molecule has 0 saturated carbocycles. The molecule has 96 valence electrons. The van der Waals surface area contributed by atoms with Crippen molar-refractivity contribution in [1.82, 2.24) is 4.98 Å². The van der Waals surface area contributed by atoms with E-state index in [1.54, 1.807) is 36.7 Å². The Balaban J connectivity index is 1.85. The maximum absolute atomic E-state index is 11.4. The van der Waals surface area contributed by atoms with Crippen LogP contribution in [0.3, 0.4) is 0 Å². The van der Waals surface area contributed by atoms with Crippen LogP contribution in [0, 0.1) is 6.92 Å². The summed E-state index contributed by atoms with van der Waals surface area (Å²) in [6.07, 6.45) is 4.08. The topological polar surface area (TPSA) is 63.6 Å². The van der Waals surface area contributed by atoms with E-state index < -0.39 is 6.09 Å². The van der Waals surface area contributed by atoms with Gasteiger partial charge in [-0.2, -0.15) is 0 Å². The number of aromatic nitrogens is 1. The van der Waals surface area contributed by atoms with E-state index in [0.29, 0.717) is 5.69 Å². The summed E-state index contributed by atoms with van der Waals surface area (Å²) >= 11 is 0. The molecular formula is C14H13N3O2. The van der Waals surface area contributed by atoms with Gasteiger partial charge in [0.15, 0.2) is 0 Å². The third kappa shape index (κ3) is 4.23. The highest BCUT2D eigenvalue weighted by Gasteiger charge is 2.01. The first-order valence-electron chi connectivity index (χ1n) is 5.72. The van der Waals surface area contributed by atoms with Crippen molar-refractivity contribution < 1.29 is 9.63 Å². The molecule has 1 aromatic carbocycles. The first kappa shape index (κ1) is 12.8. The van der Waals surface area contributed by atoms with Gasteiger partial charge in [-0.05, 0) is 36.8 Å². The van der Waals surface area contributed by atoms with Crippen LogP contribution < -0.4 is 5.32 Å². The Morgan fingerprint density at radius 2 is 1.89 bits per heavy atom. The first-order valence-corrected chi connectivity index (χ1v) is 5.72. The van der Waals surface area contributed by atoms with Gasteiger partial charge in [-0.25, -0.2) is 4.79 Å². The molecule has 0 bridgehead atoms. The maximum atomic E-state index is 11.4. The molecule has 0 atom stereocenters. The number of pyridine rings is 1. The molecule has 0 aliphatic heterocycles. The molecule has 1 aromatic heterocycles. The van der Waals surface area contributed by atoms with Crippen molar-refractivity contribution in [2.75, 3.05) is 5.32 Å². The Labute approximate surface area is 110 Å². The molecule has 1 heterocycles. The van der Waals surface area contributed by atoms with Gasteiger partial charge < -0.3 is 0 Å². The van der Waals surface area contributed by atoms with Crippen LogP contribution >= 0.6 is 0 Å². The summed E-state index contributed by atoms with van der Waals surface area (Å²) in [5, 5.41) is 6.16. The van der Waals surface area contributed by atoms with Crippen molar-refractivity contribution in [2.45, 2.75) is 6.92 Å². The maximum Gasteiger partial charge on any atom is 0.437 e. The average molecular weight is 255 g/mol. The molecule has 2 rings (SSSR count). The second-order valence-electron chi connectivity index (χ2n) is 3.88. The second kappa shape index (κ2) is 6.30. The number of oxime groups is 1. The number of hydrogen-bond donors (Lipinski definition) is 1. The summed E-state index contributed by atoms with van der Waals surface area (Å²) in [5.41, 5.74) is 2.59. The van der Waals surface area contributed by atoms with Gasteiger partial charge in [0, 0.05) is 18.1 Å². The Morgan fingerprint density at radius 1 is 1.21 bits per heavy atom. The highest BCUT2D eigenvalue weighted by atomic mass is 16.7. The van der Waals surface area contributed by atoms with Crippen molar-refractivity contribution in [3.8, 4) is 0 Å². The van der Waals surface area contributed by atoms with Gasteiger partial charge in [-0.15, -0.1) is 0 Å². The molecular weight excluding hydrogens is 242 g/mol. The van der Waals surface area contributed by atoms with Crippen molar-refractivity contribution in [2.24, 2.45) is 5.16 Å². The van der Waals surface area contributed by atoms with Gasteiger partial charge in [0.25, 0.3) is 0 Å². The Hall–Kier alpha value is -2.69. The van der Waals surface area contributed by atoms with Crippen LogP contribution in [0.15, 0.2) is 53.9 Å². The smallest absolute Gasteiger partial charge is 0.298 e. The van der Waals surface area contributed by atoms with E-state index in [1.165, 1.54) is 6.21 Å². The van der Waals surface area contributed by atoms with E-state index in [9.17, 15) is 4.79 Å². The van der Waals surface area contributed by atoms with E-state index in [0.717, 1.165) is 11.1 Å². The summed E-state index contributed by atoms with van der Waals surface area (Å²) in [6, 6.07) is 10.9. The van der Waals surface area contributed by atoms with Crippen LogP contribution in [0.1, 0.15) is 11.1 Å². The molecule has 0 unspecified atom stereocenters. The van der Waals surface area contributed by atoms with E-state index in [1.807, 2.05) is 19.1 Å². The van der Waals surface area contributed by atoms with Crippen LogP contribution in [-0.2, 0) is 4.84 Å². The highest BCUT2D eigenvalue weighted by molar-refractivity contribution is 5.85. The molecule has 0 spiro atoms. The number of benzene rings is 1. The lowest BCUT2D eigenvalue weighted by molar-refractivity contribution is 0.167. The Bertz CT molecular complexity index is 565. The number of amides is 1. The van der Waals surface area contributed by atoms with Gasteiger partial charge in [0.05, 0.1) is 6.21 Å². The lowest BCUT2D eigenvalue weighted by Gasteiger charge is -2.02. The largest absolute Gasteiger partial charge is 0.437 e. The summed E-state index contributed by atoms with van der Waals surface area (Å²) < 4.78 is 0. The van der Waals surface area contributed by atoms with E-state index in [2.05, 4.69) is 20.3 Å². The molecule has 1 N–H and O–H groups in total. The van der Waals surface area contributed by atoms with Gasteiger partial charge in [0.1, 0.15) is 0 Å². The van der Waals surface area contributed by atoms with Crippen LogP contribution in [0.2, 0.25) is 0 Å². The molecule has 0 fully saturated rings. The summed E-state index contributed by atoms with van der Waals surface area (Å²) in [7, 11) is 0. The van der Waals surface area contributed by atoms with Crippen molar-refractivity contribution in [3.05, 3.63) is 59.9 Å². The number of carbonyl (C=O) groups is 1. The number of hydrogen-bond acceptors (Lipinski definition) is 4. The zero-order valence-corrected chi connectivity index (χ0v) is 10.4. The van der Waals surface area contributed by atoms with Crippen LogP contribution in [0.5, 0.6) is 0 Å². The molecule has 19 heavy (non-hydrogen) atoms. The molecule has 0 radical (unpaired) electrons. The van der Waals surface area contributed by atoms with E-state index in [-0.39, 0.29) is 0 Å². The summed E-state index contributed by atoms with van der Waals surface area (Å²) in [6.45, 7) is 1.97. The number of carbonyl (C=O) groups excluding carboxylic acids is 1. The SMILES string of the molecule is Cc1ccc(NC(=O)O/N=C/c2ccncc2)cc1. The third-order valence-electron chi connectivity index (χ3n) is 2.34. The minimum Gasteiger partial charge on any atom is -0.298 e. The number of anilines is 1. The van der Waals surface area contributed by atoms with Crippen molar-refractivity contribution >= 4 is 18.0 Å². The van der Waals surface area contributed by atoms with Gasteiger partial charge in [0.2, 0.25) is 0 Å². The highest BCUT2D eigenvalue weighted by Crippen LogP contribution is 2.08. The fourth-order valence-corrected chi connectivity index (χ4v) is 1.36. The molecule has 0 aliphatic rings. The van der Waals surface area contributed by atoms with E-state index >= 15 is 0 Å². The number of aryl methyl sites for hydroxylation is 1. The standard InChI is InChI=1S/C14H13N3O2/c1-11-2-4-13(5-3-11)17-14(18)19-16-10-12-6-8-15-9-7-12/h2-10H,1H3,(H,17,18)/b16-10+. The Morgan fingerprint density at radius 3 is 2.58 bits per heavy atom. The predicted molar refractivity (Wildman–Crippen MR) is 73.1 cm³/mol. The number of nitrogens with zero attached hydrogens (tertiary/aromatic N) is 2. The predicted octanol–water partition coefficient (Wildman–Crippen LogP) is 2.97. The first-order chi connectivity index (χ1) is 9.24. The lowest BCUT2D eigenvalue weighted by Crippen LogP contribution is -2.10. The molecule has 5 nitrogen and oxygen atoms in total. The zero-order valence-electron chi connectivity index (χ0n) is 10.4. The molecule has 5 heteroatoms. The average Bonchev–Trinajstić information content (AvgIpc) is 2.43. The quantitative estimate of drug-likeness (QED) is 0.521. The molecule has 0 aliphatic carbocycles.